The predicted molar refractivity (Wildman–Crippen MR) is 116 cm³/mol. The number of nitrogens with zero attached hydrogens (tertiary/aromatic N) is 7. The molecule has 12 heteroatoms. The molecule has 0 spiro atoms. The van der Waals surface area contributed by atoms with Crippen molar-refractivity contribution in [3.63, 3.8) is 0 Å². The summed E-state index contributed by atoms with van der Waals surface area (Å²) in [6.07, 6.45) is 2.00. The number of fused-ring (bicyclic) bond motifs is 1. The average molecular weight is 465 g/mol. The summed E-state index contributed by atoms with van der Waals surface area (Å²) in [4.78, 5) is 10.2. The van der Waals surface area contributed by atoms with E-state index in [1.165, 1.54) is 10.8 Å². The number of halogens is 3. The number of hydrogen-bond donors (Lipinski definition) is 1. The Bertz CT molecular complexity index is 1150. The molecule has 1 aliphatic rings. The van der Waals surface area contributed by atoms with Crippen molar-refractivity contribution in [1.29, 1.82) is 0 Å². The second-order valence-electron chi connectivity index (χ2n) is 8.03. The Morgan fingerprint density at radius 1 is 1.22 bits per heavy atom. The van der Waals surface area contributed by atoms with Gasteiger partial charge in [-0.15, -0.1) is 0 Å². The summed E-state index contributed by atoms with van der Waals surface area (Å²) < 4.78 is 37.2. The van der Waals surface area contributed by atoms with Crippen molar-refractivity contribution in [1.82, 2.24) is 24.5 Å². The molecule has 1 N–H and O–H groups in total. The third kappa shape index (κ3) is 4.35. The summed E-state index contributed by atoms with van der Waals surface area (Å²) >= 11 is 6.38. The van der Waals surface area contributed by atoms with Crippen molar-refractivity contribution in [2.24, 2.45) is 10.2 Å². The number of anilines is 1. The van der Waals surface area contributed by atoms with E-state index in [2.05, 4.69) is 30.6 Å². The highest BCUT2D eigenvalue weighted by atomic mass is 35.5. The van der Waals surface area contributed by atoms with E-state index in [9.17, 15) is 0 Å². The molecule has 1 aromatic carbocycles. The lowest BCUT2D eigenvalue weighted by atomic mass is 10.0. The first-order valence-corrected chi connectivity index (χ1v) is 10.4. The van der Waals surface area contributed by atoms with Crippen LogP contribution in [0, 0.1) is 11.6 Å². The van der Waals surface area contributed by atoms with Crippen molar-refractivity contribution in [2.45, 2.75) is 32.0 Å². The first kappa shape index (κ1) is 22.3. The highest BCUT2D eigenvalue weighted by Gasteiger charge is 2.41. The van der Waals surface area contributed by atoms with E-state index < -0.39 is 17.3 Å². The zero-order chi connectivity index (χ0) is 23.0. The summed E-state index contributed by atoms with van der Waals surface area (Å²) in [5, 5.41) is 15.2. The lowest BCUT2D eigenvalue weighted by molar-refractivity contribution is 0.279. The Hall–Kier alpha value is -2.92. The maximum atomic E-state index is 15.2. The van der Waals surface area contributed by atoms with E-state index in [0.29, 0.717) is 6.61 Å². The van der Waals surface area contributed by atoms with Crippen LogP contribution in [0.5, 0.6) is 5.75 Å². The van der Waals surface area contributed by atoms with Crippen LogP contribution in [0.2, 0.25) is 5.15 Å². The number of nitrogens with one attached hydrogen (secondary N) is 1. The summed E-state index contributed by atoms with van der Waals surface area (Å²) in [5.74, 6) is -1.15. The highest BCUT2D eigenvalue weighted by molar-refractivity contribution is 6.33. The number of benzene rings is 1. The van der Waals surface area contributed by atoms with E-state index in [1.807, 2.05) is 32.8 Å². The molecule has 0 bridgehead atoms. The maximum Gasteiger partial charge on any atom is 0.255 e. The van der Waals surface area contributed by atoms with Crippen LogP contribution < -0.4 is 10.1 Å². The first-order chi connectivity index (χ1) is 15.2. The molecule has 4 rings (SSSR count). The van der Waals surface area contributed by atoms with Gasteiger partial charge in [0.05, 0.1) is 23.8 Å². The van der Waals surface area contributed by atoms with Gasteiger partial charge in [0.1, 0.15) is 34.7 Å². The lowest BCUT2D eigenvalue weighted by Gasteiger charge is -2.21. The van der Waals surface area contributed by atoms with E-state index in [4.69, 9.17) is 16.3 Å². The number of ether oxygens (including phenoxy) is 1. The molecule has 0 saturated heterocycles. The van der Waals surface area contributed by atoms with Crippen LogP contribution in [0.15, 0.2) is 28.7 Å². The van der Waals surface area contributed by atoms with Crippen LogP contribution in [-0.2, 0) is 0 Å². The van der Waals surface area contributed by atoms with Crippen molar-refractivity contribution in [3.8, 4) is 16.9 Å². The Kier molecular flexibility index (Phi) is 5.95. The molecule has 170 valence electrons. The minimum Gasteiger partial charge on any atom is -0.493 e. The van der Waals surface area contributed by atoms with E-state index in [-0.39, 0.29) is 39.7 Å². The lowest BCUT2D eigenvalue weighted by Crippen LogP contribution is -2.32. The third-order valence-electron chi connectivity index (χ3n) is 5.26. The third-order valence-corrected chi connectivity index (χ3v) is 5.53. The normalized spacial score (nSPS) is 15.4. The van der Waals surface area contributed by atoms with Crippen LogP contribution >= 0.6 is 11.6 Å². The molecular formula is C20H23ClF2N8O. The molecule has 32 heavy (non-hydrogen) atoms. The molecule has 0 unspecified atom stereocenters. The summed E-state index contributed by atoms with van der Waals surface area (Å²) in [7, 11) is 3.88. The van der Waals surface area contributed by atoms with Crippen molar-refractivity contribution < 1.29 is 13.5 Å². The van der Waals surface area contributed by atoms with Crippen LogP contribution in [0.4, 0.5) is 14.6 Å². The van der Waals surface area contributed by atoms with Gasteiger partial charge in [0.2, 0.25) is 5.66 Å². The number of aromatic nitrogens is 4. The molecule has 0 fully saturated rings. The van der Waals surface area contributed by atoms with Gasteiger partial charge in [0.15, 0.2) is 0 Å². The van der Waals surface area contributed by atoms with E-state index >= 15 is 8.78 Å². The van der Waals surface area contributed by atoms with E-state index in [1.54, 1.807) is 0 Å². The van der Waals surface area contributed by atoms with Crippen LogP contribution in [-0.4, -0.2) is 63.4 Å². The molecule has 1 atom stereocenters. The molecule has 0 radical (unpaired) electrons. The SMILES string of the molecule is C[C@@H](Nc1c(-c2c(F)cc(OCCCN(C)C)cc2F)c(Cl)nc2ncnn12)C1(C)N=N1. The van der Waals surface area contributed by atoms with Gasteiger partial charge in [-0.25, -0.2) is 8.78 Å². The van der Waals surface area contributed by atoms with Gasteiger partial charge >= 0.3 is 0 Å². The molecular weight excluding hydrogens is 442 g/mol. The minimum absolute atomic E-state index is 0.0231. The Labute approximate surface area is 188 Å². The summed E-state index contributed by atoms with van der Waals surface area (Å²) in [5.41, 5.74) is -0.971. The van der Waals surface area contributed by atoms with Crippen LogP contribution in [0.1, 0.15) is 20.3 Å². The zero-order valence-corrected chi connectivity index (χ0v) is 18.9. The zero-order valence-electron chi connectivity index (χ0n) is 18.1. The summed E-state index contributed by atoms with van der Waals surface area (Å²) in [6, 6.07) is 1.96. The Morgan fingerprint density at radius 3 is 2.53 bits per heavy atom. The molecule has 9 nitrogen and oxygen atoms in total. The first-order valence-electron chi connectivity index (χ1n) is 10.1. The van der Waals surface area contributed by atoms with Gasteiger partial charge < -0.3 is 15.0 Å². The predicted octanol–water partition coefficient (Wildman–Crippen LogP) is 4.04. The van der Waals surface area contributed by atoms with Gasteiger partial charge in [-0.1, -0.05) is 11.6 Å². The second-order valence-corrected chi connectivity index (χ2v) is 8.38. The van der Waals surface area contributed by atoms with Crippen molar-refractivity contribution in [2.75, 3.05) is 32.6 Å². The van der Waals surface area contributed by atoms with Gasteiger partial charge in [-0.2, -0.15) is 29.8 Å². The Morgan fingerprint density at radius 2 is 1.91 bits per heavy atom. The number of rotatable bonds is 9. The smallest absolute Gasteiger partial charge is 0.255 e. The van der Waals surface area contributed by atoms with E-state index in [0.717, 1.165) is 25.1 Å². The van der Waals surface area contributed by atoms with Gasteiger partial charge in [-0.05, 0) is 34.4 Å². The average Bonchev–Trinajstić information content (AvgIpc) is 3.30. The standard InChI is InChI=1S/C20H23ClF2N8O/c1-11(20(2)28-29-20)26-18-16(17(21)27-19-24-10-25-31(18)19)15-13(22)8-12(9-14(15)23)32-7-5-6-30(3)4/h8-11,26H,5-7H2,1-4H3/t11-/m1/s1. The molecule has 0 saturated carbocycles. The molecule has 0 amide bonds. The quantitative estimate of drug-likeness (QED) is 0.379. The van der Waals surface area contributed by atoms with Crippen molar-refractivity contribution in [3.05, 3.63) is 35.2 Å². The fraction of sp³-hybridized carbons (Fsp3) is 0.450. The number of hydrogen-bond acceptors (Lipinski definition) is 8. The van der Waals surface area contributed by atoms with Gasteiger partial charge in [-0.3, -0.25) is 0 Å². The monoisotopic (exact) mass is 464 g/mol. The topological polar surface area (TPSA) is 92.3 Å². The largest absolute Gasteiger partial charge is 0.493 e. The fourth-order valence-electron chi connectivity index (χ4n) is 3.21. The van der Waals surface area contributed by atoms with Gasteiger partial charge in [0, 0.05) is 18.7 Å². The van der Waals surface area contributed by atoms with Crippen LogP contribution in [0.3, 0.4) is 0 Å². The minimum atomic E-state index is -0.835. The van der Waals surface area contributed by atoms with Crippen molar-refractivity contribution >= 4 is 23.2 Å². The van der Waals surface area contributed by atoms with Gasteiger partial charge in [0.25, 0.3) is 5.78 Å². The maximum absolute atomic E-state index is 15.2. The molecule has 3 aromatic rings. The molecule has 1 aliphatic heterocycles. The van der Waals surface area contributed by atoms with Crippen LogP contribution in [0.25, 0.3) is 16.9 Å². The fourth-order valence-corrected chi connectivity index (χ4v) is 3.47. The molecule has 0 aliphatic carbocycles. The second kappa shape index (κ2) is 8.55. The molecule has 2 aromatic heterocycles. The highest BCUT2D eigenvalue weighted by Crippen LogP contribution is 2.40. The Balaban J connectivity index is 1.72. The molecule has 3 heterocycles. The summed E-state index contributed by atoms with van der Waals surface area (Å²) in [6.45, 7) is 4.81.